The minimum Gasteiger partial charge on any atom is -0.497 e. The first-order chi connectivity index (χ1) is 16.4. The lowest BCUT2D eigenvalue weighted by atomic mass is 10.1. The second-order valence-corrected chi connectivity index (χ2v) is 8.30. The number of nitrogens with zero attached hydrogens (tertiary/aromatic N) is 3. The predicted molar refractivity (Wildman–Crippen MR) is 133 cm³/mol. The summed E-state index contributed by atoms with van der Waals surface area (Å²) in [5.41, 5.74) is 2.78. The Morgan fingerprint density at radius 1 is 1.09 bits per heavy atom. The van der Waals surface area contributed by atoms with E-state index in [-0.39, 0.29) is 19.3 Å². The molecule has 0 bridgehead atoms. The van der Waals surface area contributed by atoms with Gasteiger partial charge in [-0.3, -0.25) is 4.90 Å². The van der Waals surface area contributed by atoms with Crippen molar-refractivity contribution in [3.8, 4) is 41.0 Å². The van der Waals surface area contributed by atoms with Crippen LogP contribution in [0.4, 0.5) is 0 Å². The van der Waals surface area contributed by atoms with E-state index in [1.807, 2.05) is 61.6 Å². The number of rotatable bonds is 12. The van der Waals surface area contributed by atoms with E-state index in [9.17, 15) is 5.11 Å². The van der Waals surface area contributed by atoms with Crippen LogP contribution < -0.4 is 9.47 Å². The Labute approximate surface area is 201 Å². The lowest BCUT2D eigenvalue weighted by Gasteiger charge is -2.29. The van der Waals surface area contributed by atoms with E-state index in [1.165, 1.54) is 0 Å². The van der Waals surface area contributed by atoms with Gasteiger partial charge in [-0.2, -0.15) is 5.10 Å². The maximum atomic E-state index is 10.5. The molecule has 0 spiro atoms. The highest BCUT2D eigenvalue weighted by atomic mass is 16.5. The van der Waals surface area contributed by atoms with Crippen LogP contribution in [0.25, 0.3) is 11.3 Å². The van der Waals surface area contributed by atoms with Gasteiger partial charge in [0, 0.05) is 31.7 Å². The summed E-state index contributed by atoms with van der Waals surface area (Å²) >= 11 is 0. The predicted octanol–water partition coefficient (Wildman–Crippen LogP) is 4.11. The Morgan fingerprint density at radius 3 is 2.38 bits per heavy atom. The van der Waals surface area contributed by atoms with Crippen molar-refractivity contribution in [1.29, 1.82) is 0 Å². The summed E-state index contributed by atoms with van der Waals surface area (Å²) in [6.07, 6.45) is 4.57. The topological polar surface area (TPSA) is 69.0 Å². The number of hydrogen-bond acceptors (Lipinski definition) is 6. The lowest BCUT2D eigenvalue weighted by Crippen LogP contribution is -2.39. The third kappa shape index (κ3) is 6.61. The van der Waals surface area contributed by atoms with Crippen LogP contribution in [0.3, 0.4) is 0 Å². The molecule has 7 nitrogen and oxygen atoms in total. The molecule has 1 atom stereocenters. The number of hydrogen-bond donors (Lipinski definition) is 1. The van der Waals surface area contributed by atoms with Gasteiger partial charge in [0.2, 0.25) is 5.88 Å². The van der Waals surface area contributed by atoms with Gasteiger partial charge in [0.1, 0.15) is 23.8 Å². The number of ether oxygens (including phenoxy) is 3. The highest BCUT2D eigenvalue weighted by molar-refractivity contribution is 5.65. The third-order valence-electron chi connectivity index (χ3n) is 5.44. The lowest BCUT2D eigenvalue weighted by molar-refractivity contribution is 0.0191. The van der Waals surface area contributed by atoms with Crippen molar-refractivity contribution in [1.82, 2.24) is 14.7 Å². The third-order valence-corrected chi connectivity index (χ3v) is 5.44. The fourth-order valence-electron chi connectivity index (χ4n) is 3.64. The standard InChI is InChI=1S/C27H33N3O4/c1-6-16-33-19-22(31)17-30(20(2)3)18-25-26(21-10-8-7-9-11-21)28-29(4)27(25)34-24-14-12-23(32-5)13-15-24/h1,7-15,20,22,31H,16-19H2,2-5H3. The first kappa shape index (κ1) is 25.3. The van der Waals surface area contributed by atoms with Crippen molar-refractivity contribution in [2.24, 2.45) is 7.05 Å². The molecule has 0 saturated heterocycles. The molecule has 1 aromatic heterocycles. The van der Waals surface area contributed by atoms with E-state index in [0.717, 1.165) is 22.6 Å². The van der Waals surface area contributed by atoms with E-state index in [1.54, 1.807) is 11.8 Å². The van der Waals surface area contributed by atoms with E-state index < -0.39 is 6.10 Å². The number of aliphatic hydroxyl groups excluding tert-OH is 1. The van der Waals surface area contributed by atoms with Crippen LogP contribution in [0, 0.1) is 12.3 Å². The van der Waals surface area contributed by atoms with Crippen molar-refractivity contribution < 1.29 is 19.3 Å². The zero-order valence-corrected chi connectivity index (χ0v) is 20.3. The van der Waals surface area contributed by atoms with Gasteiger partial charge < -0.3 is 19.3 Å². The molecule has 0 aliphatic heterocycles. The summed E-state index contributed by atoms with van der Waals surface area (Å²) in [6, 6.07) is 17.6. The van der Waals surface area contributed by atoms with Crippen LogP contribution in [0.2, 0.25) is 0 Å². The fraction of sp³-hybridized carbons (Fsp3) is 0.370. The number of methoxy groups -OCH3 is 1. The first-order valence-corrected chi connectivity index (χ1v) is 11.3. The average Bonchev–Trinajstić information content (AvgIpc) is 3.14. The summed E-state index contributed by atoms with van der Waals surface area (Å²) in [4.78, 5) is 2.17. The summed E-state index contributed by atoms with van der Waals surface area (Å²) in [5, 5.41) is 15.3. The van der Waals surface area contributed by atoms with E-state index in [2.05, 4.69) is 24.7 Å². The molecule has 1 N–H and O–H groups in total. The molecule has 1 heterocycles. The summed E-state index contributed by atoms with van der Waals surface area (Å²) in [6.45, 7) is 5.51. The molecule has 0 fully saturated rings. The van der Waals surface area contributed by atoms with E-state index in [4.69, 9.17) is 25.7 Å². The monoisotopic (exact) mass is 463 g/mol. The molecule has 34 heavy (non-hydrogen) atoms. The Hall–Kier alpha value is -3.31. The fourth-order valence-corrected chi connectivity index (χ4v) is 3.64. The van der Waals surface area contributed by atoms with Gasteiger partial charge in [-0.1, -0.05) is 36.3 Å². The quantitative estimate of drug-likeness (QED) is 0.322. The van der Waals surface area contributed by atoms with Gasteiger partial charge in [0.15, 0.2) is 0 Å². The molecule has 180 valence electrons. The summed E-state index contributed by atoms with van der Waals surface area (Å²) in [5.74, 6) is 4.51. The highest BCUT2D eigenvalue weighted by Crippen LogP contribution is 2.35. The van der Waals surface area contributed by atoms with Gasteiger partial charge in [-0.15, -0.1) is 6.42 Å². The Bertz CT molecular complexity index is 1070. The molecule has 1 unspecified atom stereocenters. The van der Waals surface area contributed by atoms with Crippen LogP contribution in [0.1, 0.15) is 19.4 Å². The van der Waals surface area contributed by atoms with Crippen LogP contribution in [-0.2, 0) is 18.3 Å². The maximum absolute atomic E-state index is 10.5. The van der Waals surface area contributed by atoms with Gasteiger partial charge in [-0.25, -0.2) is 4.68 Å². The van der Waals surface area contributed by atoms with E-state index >= 15 is 0 Å². The number of aryl methyl sites for hydroxylation is 1. The summed E-state index contributed by atoms with van der Waals surface area (Å²) in [7, 11) is 3.50. The molecule has 3 aromatic rings. The Morgan fingerprint density at radius 2 is 1.76 bits per heavy atom. The number of benzene rings is 2. The maximum Gasteiger partial charge on any atom is 0.222 e. The molecule has 7 heteroatoms. The minimum absolute atomic E-state index is 0.167. The van der Waals surface area contributed by atoms with Crippen molar-refractivity contribution in [2.75, 3.05) is 26.9 Å². The molecule has 3 rings (SSSR count). The average molecular weight is 464 g/mol. The van der Waals surface area contributed by atoms with Gasteiger partial charge in [-0.05, 0) is 38.1 Å². The van der Waals surface area contributed by atoms with Crippen LogP contribution in [0.5, 0.6) is 17.4 Å². The zero-order chi connectivity index (χ0) is 24.5. The van der Waals surface area contributed by atoms with Crippen molar-refractivity contribution in [3.63, 3.8) is 0 Å². The van der Waals surface area contributed by atoms with Gasteiger partial charge in [0.25, 0.3) is 0 Å². The van der Waals surface area contributed by atoms with E-state index in [0.29, 0.717) is 24.7 Å². The molecule has 0 saturated carbocycles. The van der Waals surface area contributed by atoms with Gasteiger partial charge in [0.05, 0.1) is 25.4 Å². The Kier molecular flexibility index (Phi) is 9.11. The van der Waals surface area contributed by atoms with Crippen LogP contribution in [0.15, 0.2) is 54.6 Å². The number of aliphatic hydroxyl groups is 1. The zero-order valence-electron chi connectivity index (χ0n) is 20.3. The summed E-state index contributed by atoms with van der Waals surface area (Å²) < 4.78 is 18.7. The highest BCUT2D eigenvalue weighted by Gasteiger charge is 2.24. The molecule has 0 aliphatic rings. The second-order valence-electron chi connectivity index (χ2n) is 8.30. The molecule has 0 aliphatic carbocycles. The Balaban J connectivity index is 1.93. The smallest absolute Gasteiger partial charge is 0.222 e. The number of aromatic nitrogens is 2. The molecule has 0 amide bonds. The van der Waals surface area contributed by atoms with Crippen molar-refractivity contribution in [3.05, 3.63) is 60.2 Å². The first-order valence-electron chi connectivity index (χ1n) is 11.3. The molecule has 0 radical (unpaired) electrons. The van der Waals surface area contributed by atoms with Crippen LogP contribution in [-0.4, -0.2) is 58.8 Å². The minimum atomic E-state index is -0.668. The van der Waals surface area contributed by atoms with Crippen molar-refractivity contribution in [2.45, 2.75) is 32.5 Å². The molecular formula is C27H33N3O4. The van der Waals surface area contributed by atoms with Gasteiger partial charge >= 0.3 is 0 Å². The van der Waals surface area contributed by atoms with Crippen LogP contribution >= 0.6 is 0 Å². The number of terminal acetylenes is 1. The normalized spacial score (nSPS) is 12.1. The largest absolute Gasteiger partial charge is 0.497 e. The second kappa shape index (κ2) is 12.2. The SMILES string of the molecule is C#CCOCC(O)CN(Cc1c(-c2ccccc2)nn(C)c1Oc1ccc(OC)cc1)C(C)C. The molecular weight excluding hydrogens is 430 g/mol. The molecule has 2 aromatic carbocycles. The van der Waals surface area contributed by atoms with Crippen molar-refractivity contribution >= 4 is 0 Å².